The van der Waals surface area contributed by atoms with Gasteiger partial charge in [-0.15, -0.1) is 0 Å². The van der Waals surface area contributed by atoms with Gasteiger partial charge in [0.15, 0.2) is 0 Å². The molecule has 0 aromatic heterocycles. The number of ether oxygens (including phenoxy) is 2. The van der Waals surface area contributed by atoms with Crippen LogP contribution in [0.25, 0.3) is 0 Å². The highest BCUT2D eigenvalue weighted by Gasteiger charge is 2.52. The Hall–Kier alpha value is -2.70. The summed E-state index contributed by atoms with van der Waals surface area (Å²) in [7, 11) is 3.95. The second kappa shape index (κ2) is 12.7. The number of methoxy groups -OCH3 is 1. The van der Waals surface area contributed by atoms with Crippen LogP contribution < -0.4 is 10.1 Å². The summed E-state index contributed by atoms with van der Waals surface area (Å²) in [5, 5.41) is 3.36. The van der Waals surface area contributed by atoms with E-state index in [0.717, 1.165) is 58.0 Å². The minimum Gasteiger partial charge on any atom is -0.427 e. The summed E-state index contributed by atoms with van der Waals surface area (Å²) in [6.07, 6.45) is 7.39. The van der Waals surface area contributed by atoms with E-state index < -0.39 is 0 Å². The number of nitrogens with zero attached hydrogens (tertiary/aromatic N) is 1. The summed E-state index contributed by atoms with van der Waals surface area (Å²) in [6, 6.07) is 18.5. The maximum absolute atomic E-state index is 13.0. The van der Waals surface area contributed by atoms with E-state index in [1.54, 1.807) is 7.11 Å². The molecule has 6 nitrogen and oxygen atoms in total. The average Bonchev–Trinajstić information content (AvgIpc) is 2.88. The number of amides is 1. The molecule has 1 amide bonds. The lowest BCUT2D eigenvalue weighted by Crippen LogP contribution is -2.60. The van der Waals surface area contributed by atoms with Crippen molar-refractivity contribution in [2.75, 3.05) is 27.2 Å². The van der Waals surface area contributed by atoms with Crippen molar-refractivity contribution < 1.29 is 19.1 Å². The molecule has 0 radical (unpaired) electrons. The average molecular weight is 507 g/mol. The molecule has 2 fully saturated rings. The molecule has 1 heterocycles. The molecule has 0 bridgehead atoms. The molecule has 37 heavy (non-hydrogen) atoms. The van der Waals surface area contributed by atoms with Crippen LogP contribution in [0.1, 0.15) is 63.0 Å². The van der Waals surface area contributed by atoms with Crippen molar-refractivity contribution in [2.45, 2.75) is 75.9 Å². The fourth-order valence-electron chi connectivity index (χ4n) is 6.49. The fourth-order valence-corrected chi connectivity index (χ4v) is 6.49. The molecule has 6 heteroatoms. The van der Waals surface area contributed by atoms with Crippen LogP contribution in [0, 0.1) is 5.92 Å². The van der Waals surface area contributed by atoms with Crippen LogP contribution in [0.2, 0.25) is 0 Å². The van der Waals surface area contributed by atoms with Crippen molar-refractivity contribution in [3.63, 3.8) is 0 Å². The molecule has 4 atom stereocenters. The normalized spacial score (nSPS) is 25.8. The lowest BCUT2D eigenvalue weighted by molar-refractivity contribution is -0.132. The molecule has 2 aromatic carbocycles. The minimum atomic E-state index is -0.318. The number of hydrogen-bond acceptors (Lipinski definition) is 5. The number of carbonyl (C=O) groups is 2. The molecule has 1 aliphatic carbocycles. The number of rotatable bonds is 10. The zero-order valence-electron chi connectivity index (χ0n) is 22.6. The molecule has 2 aromatic rings. The van der Waals surface area contributed by atoms with E-state index in [1.165, 1.54) is 18.1 Å². The smallest absolute Gasteiger partial charge is 0.308 e. The third-order valence-electron chi connectivity index (χ3n) is 8.28. The van der Waals surface area contributed by atoms with Crippen LogP contribution in [0.15, 0.2) is 54.6 Å². The van der Waals surface area contributed by atoms with Gasteiger partial charge in [0.05, 0.1) is 6.10 Å². The molecule has 1 aliphatic heterocycles. The fraction of sp³-hybridized carbons (Fsp3) is 0.548. The van der Waals surface area contributed by atoms with Gasteiger partial charge in [-0.3, -0.25) is 9.59 Å². The number of unbranched alkanes of at least 4 members (excludes halogenated alkanes) is 2. The Kier molecular flexibility index (Phi) is 9.38. The van der Waals surface area contributed by atoms with Crippen LogP contribution in [-0.4, -0.2) is 56.2 Å². The second-order valence-electron chi connectivity index (χ2n) is 10.9. The second-order valence-corrected chi connectivity index (χ2v) is 10.9. The topological polar surface area (TPSA) is 67.9 Å². The first-order valence-electron chi connectivity index (χ1n) is 13.7. The summed E-state index contributed by atoms with van der Waals surface area (Å²) in [5.74, 6) is 0.694. The minimum absolute atomic E-state index is 0.0463. The van der Waals surface area contributed by atoms with Crippen molar-refractivity contribution in [3.8, 4) is 5.75 Å². The van der Waals surface area contributed by atoms with Gasteiger partial charge in [-0.1, -0.05) is 48.9 Å². The Bertz CT molecular complexity index is 1040. The maximum atomic E-state index is 13.0. The van der Waals surface area contributed by atoms with E-state index in [4.69, 9.17) is 9.47 Å². The van der Waals surface area contributed by atoms with Crippen LogP contribution in [0.4, 0.5) is 0 Å². The first kappa shape index (κ1) is 27.3. The first-order chi connectivity index (χ1) is 17.9. The predicted octanol–water partition coefficient (Wildman–Crippen LogP) is 4.90. The van der Waals surface area contributed by atoms with Crippen molar-refractivity contribution in [2.24, 2.45) is 5.92 Å². The molecule has 0 spiro atoms. The van der Waals surface area contributed by atoms with Crippen molar-refractivity contribution in [1.29, 1.82) is 0 Å². The Morgan fingerprint density at radius 1 is 1.08 bits per heavy atom. The van der Waals surface area contributed by atoms with E-state index in [2.05, 4.69) is 47.6 Å². The number of fused-ring (bicyclic) bond motifs is 1. The van der Waals surface area contributed by atoms with Gasteiger partial charge >= 0.3 is 5.97 Å². The van der Waals surface area contributed by atoms with E-state index in [-0.39, 0.29) is 29.4 Å². The Balaban J connectivity index is 1.41. The molecule has 1 saturated heterocycles. The lowest BCUT2D eigenvalue weighted by Gasteiger charge is -2.55. The van der Waals surface area contributed by atoms with Crippen LogP contribution >= 0.6 is 0 Å². The Morgan fingerprint density at radius 2 is 1.89 bits per heavy atom. The van der Waals surface area contributed by atoms with E-state index in [9.17, 15) is 9.59 Å². The molecule has 1 N–H and O–H groups in total. The number of nitrogens with one attached hydrogen (secondary N) is 1. The zero-order chi connectivity index (χ0) is 26.3. The predicted molar refractivity (Wildman–Crippen MR) is 146 cm³/mol. The first-order valence-corrected chi connectivity index (χ1v) is 13.7. The lowest BCUT2D eigenvalue weighted by atomic mass is 9.57. The number of likely N-dealkylation sites (tertiary alicyclic amines) is 1. The van der Waals surface area contributed by atoms with E-state index in [1.807, 2.05) is 24.3 Å². The Labute approximate surface area is 221 Å². The molecule has 2 aliphatic rings. The number of hydrogen-bond donors (Lipinski definition) is 1. The van der Waals surface area contributed by atoms with E-state index in [0.29, 0.717) is 18.1 Å². The van der Waals surface area contributed by atoms with Crippen LogP contribution in [0.5, 0.6) is 5.75 Å². The molecule has 1 saturated carbocycles. The molecular weight excluding hydrogens is 464 g/mol. The molecule has 4 rings (SSSR count). The van der Waals surface area contributed by atoms with Gasteiger partial charge in [-0.05, 0) is 75.4 Å². The highest BCUT2D eigenvalue weighted by molar-refractivity contribution is 5.76. The summed E-state index contributed by atoms with van der Waals surface area (Å²) in [6.45, 7) is 3.35. The summed E-state index contributed by atoms with van der Waals surface area (Å²) >= 11 is 0. The van der Waals surface area contributed by atoms with Crippen LogP contribution in [0.3, 0.4) is 0 Å². The van der Waals surface area contributed by atoms with E-state index >= 15 is 0 Å². The quantitative estimate of drug-likeness (QED) is 0.282. The van der Waals surface area contributed by atoms with Gasteiger partial charge < -0.3 is 19.7 Å². The summed E-state index contributed by atoms with van der Waals surface area (Å²) in [5.41, 5.74) is 2.39. The number of piperidine rings is 1. The summed E-state index contributed by atoms with van der Waals surface area (Å²) in [4.78, 5) is 26.9. The third-order valence-corrected chi connectivity index (χ3v) is 8.28. The van der Waals surface area contributed by atoms with Crippen molar-refractivity contribution in [3.05, 3.63) is 65.7 Å². The number of aryl methyl sites for hydroxylation is 1. The van der Waals surface area contributed by atoms with Gasteiger partial charge in [0, 0.05) is 44.4 Å². The van der Waals surface area contributed by atoms with Gasteiger partial charge in [0.1, 0.15) is 5.75 Å². The number of carbonyl (C=O) groups excluding carboxylic acids is 2. The van der Waals surface area contributed by atoms with Gasteiger partial charge in [0.2, 0.25) is 5.91 Å². The maximum Gasteiger partial charge on any atom is 0.308 e. The van der Waals surface area contributed by atoms with Crippen molar-refractivity contribution >= 4 is 11.9 Å². The van der Waals surface area contributed by atoms with Crippen molar-refractivity contribution in [1.82, 2.24) is 10.2 Å². The van der Waals surface area contributed by atoms with Crippen LogP contribution in [-0.2, 0) is 26.2 Å². The van der Waals surface area contributed by atoms with Gasteiger partial charge in [-0.25, -0.2) is 0 Å². The molecule has 200 valence electrons. The monoisotopic (exact) mass is 506 g/mol. The zero-order valence-corrected chi connectivity index (χ0v) is 22.6. The largest absolute Gasteiger partial charge is 0.427 e. The summed E-state index contributed by atoms with van der Waals surface area (Å²) < 4.78 is 11.5. The van der Waals surface area contributed by atoms with Gasteiger partial charge in [0.25, 0.3) is 0 Å². The molecular formula is C31H42N2O4. The van der Waals surface area contributed by atoms with Gasteiger partial charge in [-0.2, -0.15) is 0 Å². The highest BCUT2D eigenvalue weighted by atomic mass is 16.5. The molecule has 1 unspecified atom stereocenters. The number of benzene rings is 2. The third kappa shape index (κ3) is 6.99. The highest BCUT2D eigenvalue weighted by Crippen LogP contribution is 2.50. The number of esters is 1. The Morgan fingerprint density at radius 3 is 2.65 bits per heavy atom. The standard InChI is InChI=1S/C31H42N2O4/c1-23(34)37-27-15-10-14-25(19-27)31-17-18-33(2)22-28(31)29(36-3)20-26(21-31)32-30(35)16-9-5-8-13-24-11-6-4-7-12-24/h4,6-7,10-12,14-15,19,26,28-29H,5,8-9,13,16-18,20-22H2,1-3H3,(H,32,35)/t26-,28+,29?,31+/m1/s1. The SMILES string of the molecule is COC1C[C@@H](NC(=O)CCCCCc2ccccc2)C[C@]2(c3cccc(OC(C)=O)c3)CCN(C)C[C@@H]12.